The maximum absolute atomic E-state index is 13.6. The average Bonchev–Trinajstić information content (AvgIpc) is 2.77. The number of nitrogens with zero attached hydrogens (tertiary/aromatic N) is 2. The molecule has 0 aliphatic carbocycles. The monoisotopic (exact) mass is 541 g/mol. The lowest BCUT2D eigenvalue weighted by Gasteiger charge is -2.32. The van der Waals surface area contributed by atoms with Gasteiger partial charge in [0.1, 0.15) is 12.6 Å². The first-order valence-corrected chi connectivity index (χ1v) is 13.9. The van der Waals surface area contributed by atoms with Crippen LogP contribution in [0.2, 0.25) is 10.0 Å². The van der Waals surface area contributed by atoms with Crippen LogP contribution in [-0.2, 0) is 26.2 Å². The molecule has 0 fully saturated rings. The van der Waals surface area contributed by atoms with E-state index in [0.29, 0.717) is 21.3 Å². The molecule has 7 nitrogen and oxygen atoms in total. The van der Waals surface area contributed by atoms with E-state index in [1.807, 2.05) is 27.7 Å². The number of rotatable bonds is 10. The van der Waals surface area contributed by atoms with Crippen molar-refractivity contribution in [3.63, 3.8) is 0 Å². The van der Waals surface area contributed by atoms with Crippen molar-refractivity contribution >= 4 is 50.7 Å². The van der Waals surface area contributed by atoms with E-state index in [4.69, 9.17) is 23.2 Å². The normalized spacial score (nSPS) is 13.1. The van der Waals surface area contributed by atoms with Gasteiger partial charge in [0.05, 0.1) is 11.9 Å². The summed E-state index contributed by atoms with van der Waals surface area (Å²) in [5.74, 6) is -0.874. The Morgan fingerprint density at radius 3 is 2.23 bits per heavy atom. The molecule has 0 saturated carbocycles. The highest BCUT2D eigenvalue weighted by molar-refractivity contribution is 7.92. The molecule has 2 aromatic carbocycles. The highest BCUT2D eigenvalue weighted by Gasteiger charge is 2.31. The Bertz CT molecular complexity index is 1190. The Morgan fingerprint density at radius 1 is 1.03 bits per heavy atom. The standard InChI is InChI=1S/C25H33Cl2N3O4S/c1-7-18(4)28-25(32)19(5)29(14-20-9-10-21(26)13-23(20)27)24(31)15-30(35(6,33)34)22-11-8-16(2)17(3)12-22/h8-13,18-19H,7,14-15H2,1-6H3,(H,28,32)/t18-,19-/m1/s1. The number of sulfonamides is 1. The molecule has 0 aliphatic heterocycles. The van der Waals surface area contributed by atoms with E-state index in [9.17, 15) is 18.0 Å². The van der Waals surface area contributed by atoms with E-state index in [2.05, 4.69) is 5.32 Å². The van der Waals surface area contributed by atoms with Crippen molar-refractivity contribution in [2.45, 2.75) is 59.7 Å². The van der Waals surface area contributed by atoms with E-state index >= 15 is 0 Å². The van der Waals surface area contributed by atoms with Crippen molar-refractivity contribution in [3.8, 4) is 0 Å². The predicted octanol–water partition coefficient (Wildman–Crippen LogP) is 4.71. The molecule has 2 atom stereocenters. The van der Waals surface area contributed by atoms with Crippen LogP contribution in [0.25, 0.3) is 0 Å². The van der Waals surface area contributed by atoms with Crippen LogP contribution in [0, 0.1) is 13.8 Å². The maximum atomic E-state index is 13.6. The van der Waals surface area contributed by atoms with E-state index in [0.717, 1.165) is 28.1 Å². The Morgan fingerprint density at radius 2 is 1.69 bits per heavy atom. The SMILES string of the molecule is CC[C@@H](C)NC(=O)[C@@H](C)N(Cc1ccc(Cl)cc1Cl)C(=O)CN(c1ccc(C)c(C)c1)S(C)(=O)=O. The second-order valence-electron chi connectivity index (χ2n) is 8.79. The van der Waals surface area contributed by atoms with Gasteiger partial charge in [0.2, 0.25) is 21.8 Å². The quantitative estimate of drug-likeness (QED) is 0.471. The van der Waals surface area contributed by atoms with Gasteiger partial charge in [0, 0.05) is 22.6 Å². The number of anilines is 1. The molecule has 192 valence electrons. The van der Waals surface area contributed by atoms with Gasteiger partial charge in [-0.1, -0.05) is 42.3 Å². The summed E-state index contributed by atoms with van der Waals surface area (Å²) in [5, 5.41) is 3.67. The highest BCUT2D eigenvalue weighted by Crippen LogP contribution is 2.25. The number of benzene rings is 2. The molecule has 10 heteroatoms. The maximum Gasteiger partial charge on any atom is 0.244 e. The molecule has 0 heterocycles. The third-order valence-electron chi connectivity index (χ3n) is 5.98. The van der Waals surface area contributed by atoms with Crippen molar-refractivity contribution in [2.24, 2.45) is 0 Å². The molecular weight excluding hydrogens is 509 g/mol. The number of amides is 2. The fraction of sp³-hybridized carbons (Fsp3) is 0.440. The summed E-state index contributed by atoms with van der Waals surface area (Å²) in [5.41, 5.74) is 2.87. The number of carbonyl (C=O) groups excluding carboxylic acids is 2. The van der Waals surface area contributed by atoms with Gasteiger partial charge in [-0.15, -0.1) is 0 Å². The lowest BCUT2D eigenvalue weighted by molar-refractivity contribution is -0.139. The van der Waals surface area contributed by atoms with Crippen LogP contribution >= 0.6 is 23.2 Å². The van der Waals surface area contributed by atoms with E-state index in [1.54, 1.807) is 43.3 Å². The second-order valence-corrected chi connectivity index (χ2v) is 11.5. The number of aryl methyl sites for hydroxylation is 2. The van der Waals surface area contributed by atoms with E-state index in [1.165, 1.54) is 4.90 Å². The number of hydrogen-bond acceptors (Lipinski definition) is 4. The second kappa shape index (κ2) is 12.1. The number of hydrogen-bond donors (Lipinski definition) is 1. The molecule has 2 rings (SSSR count). The van der Waals surface area contributed by atoms with Crippen molar-refractivity contribution in [1.29, 1.82) is 0 Å². The Hall–Kier alpha value is -2.29. The summed E-state index contributed by atoms with van der Waals surface area (Å²) in [6, 6.07) is 9.13. The molecule has 0 saturated heterocycles. The van der Waals surface area contributed by atoms with Crippen LogP contribution in [0.4, 0.5) is 5.69 Å². The average molecular weight is 543 g/mol. The Balaban J connectivity index is 2.44. The zero-order valence-electron chi connectivity index (χ0n) is 20.9. The van der Waals surface area contributed by atoms with Crippen LogP contribution in [0.1, 0.15) is 43.9 Å². The zero-order chi connectivity index (χ0) is 26.5. The summed E-state index contributed by atoms with van der Waals surface area (Å²) < 4.78 is 26.4. The molecule has 2 amide bonds. The minimum Gasteiger partial charge on any atom is -0.352 e. The molecule has 0 aromatic heterocycles. The number of halogens is 2. The van der Waals surface area contributed by atoms with Crippen LogP contribution in [0.15, 0.2) is 36.4 Å². The molecule has 0 unspecified atom stereocenters. The van der Waals surface area contributed by atoms with Crippen molar-refractivity contribution < 1.29 is 18.0 Å². The van der Waals surface area contributed by atoms with Gasteiger partial charge in [-0.05, 0) is 75.1 Å². The number of carbonyl (C=O) groups is 2. The summed E-state index contributed by atoms with van der Waals surface area (Å²) in [6.45, 7) is 8.77. The van der Waals surface area contributed by atoms with Gasteiger partial charge < -0.3 is 10.2 Å². The molecule has 0 spiro atoms. The van der Waals surface area contributed by atoms with Gasteiger partial charge >= 0.3 is 0 Å². The van der Waals surface area contributed by atoms with Crippen molar-refractivity contribution in [3.05, 3.63) is 63.1 Å². The molecule has 0 bridgehead atoms. The minimum atomic E-state index is -3.79. The third-order valence-corrected chi connectivity index (χ3v) is 7.71. The lowest BCUT2D eigenvalue weighted by Crippen LogP contribution is -2.52. The molecule has 0 radical (unpaired) electrons. The van der Waals surface area contributed by atoms with Crippen LogP contribution in [-0.4, -0.2) is 50.0 Å². The first-order chi connectivity index (χ1) is 16.2. The minimum absolute atomic E-state index is 0.00839. The van der Waals surface area contributed by atoms with E-state index in [-0.39, 0.29) is 18.5 Å². The van der Waals surface area contributed by atoms with Crippen molar-refractivity contribution in [1.82, 2.24) is 10.2 Å². The third kappa shape index (κ3) is 7.85. The molecule has 35 heavy (non-hydrogen) atoms. The fourth-order valence-electron chi connectivity index (χ4n) is 3.38. The summed E-state index contributed by atoms with van der Waals surface area (Å²) in [7, 11) is -3.79. The zero-order valence-corrected chi connectivity index (χ0v) is 23.3. The summed E-state index contributed by atoms with van der Waals surface area (Å²) >= 11 is 12.4. The fourth-order valence-corrected chi connectivity index (χ4v) is 4.69. The van der Waals surface area contributed by atoms with Crippen LogP contribution in [0.5, 0.6) is 0 Å². The van der Waals surface area contributed by atoms with Gasteiger partial charge in [-0.25, -0.2) is 8.42 Å². The first-order valence-electron chi connectivity index (χ1n) is 11.3. The predicted molar refractivity (Wildman–Crippen MR) is 142 cm³/mol. The summed E-state index contributed by atoms with van der Waals surface area (Å²) in [4.78, 5) is 27.9. The Kier molecular flexibility index (Phi) is 10.0. The van der Waals surface area contributed by atoms with E-state index < -0.39 is 28.5 Å². The molecular formula is C25H33Cl2N3O4S. The molecule has 1 N–H and O–H groups in total. The summed E-state index contributed by atoms with van der Waals surface area (Å²) in [6.07, 6.45) is 1.78. The number of nitrogens with one attached hydrogen (secondary N) is 1. The van der Waals surface area contributed by atoms with Gasteiger partial charge in [-0.2, -0.15) is 0 Å². The van der Waals surface area contributed by atoms with Crippen molar-refractivity contribution in [2.75, 3.05) is 17.1 Å². The smallest absolute Gasteiger partial charge is 0.244 e. The topological polar surface area (TPSA) is 86.8 Å². The van der Waals surface area contributed by atoms with Gasteiger partial charge in [0.15, 0.2) is 0 Å². The lowest BCUT2D eigenvalue weighted by atomic mass is 10.1. The van der Waals surface area contributed by atoms with Crippen LogP contribution in [0.3, 0.4) is 0 Å². The van der Waals surface area contributed by atoms with Gasteiger partial charge in [-0.3, -0.25) is 13.9 Å². The van der Waals surface area contributed by atoms with Gasteiger partial charge in [0.25, 0.3) is 0 Å². The molecule has 0 aliphatic rings. The Labute approximate surface area is 218 Å². The highest BCUT2D eigenvalue weighted by atomic mass is 35.5. The largest absolute Gasteiger partial charge is 0.352 e. The first kappa shape index (κ1) is 28.9. The van der Waals surface area contributed by atoms with Crippen LogP contribution < -0.4 is 9.62 Å². The molecule has 2 aromatic rings.